The summed E-state index contributed by atoms with van der Waals surface area (Å²) in [6.07, 6.45) is 2.48. The van der Waals surface area contributed by atoms with Gasteiger partial charge >= 0.3 is 0 Å². The van der Waals surface area contributed by atoms with Crippen LogP contribution in [0, 0.1) is 0 Å². The fraction of sp³-hybridized carbons (Fsp3) is 0.250. The molecular formula is C12H14N2O3S2. The Morgan fingerprint density at radius 2 is 2.26 bits per heavy atom. The van der Waals surface area contributed by atoms with Crippen LogP contribution in [0.25, 0.3) is 0 Å². The van der Waals surface area contributed by atoms with Crippen molar-refractivity contribution in [3.05, 3.63) is 46.9 Å². The molecule has 2 rings (SSSR count). The van der Waals surface area contributed by atoms with Crippen molar-refractivity contribution in [1.29, 1.82) is 0 Å². The molecule has 0 fully saturated rings. The van der Waals surface area contributed by atoms with Gasteiger partial charge in [0.1, 0.15) is 4.90 Å². The van der Waals surface area contributed by atoms with Gasteiger partial charge in [-0.1, -0.05) is 0 Å². The number of pyridine rings is 1. The summed E-state index contributed by atoms with van der Waals surface area (Å²) in [4.78, 5) is 3.89. The van der Waals surface area contributed by atoms with Crippen molar-refractivity contribution in [2.24, 2.45) is 0 Å². The predicted molar refractivity (Wildman–Crippen MR) is 73.3 cm³/mol. The molecule has 0 radical (unpaired) electrons. The fourth-order valence-electron chi connectivity index (χ4n) is 1.55. The molecule has 0 spiro atoms. The number of nitrogens with one attached hydrogen (secondary N) is 1. The second-order valence-electron chi connectivity index (χ2n) is 3.95. The summed E-state index contributed by atoms with van der Waals surface area (Å²) in [5.41, 5.74) is 0.811. The molecule has 0 saturated heterocycles. The highest BCUT2D eigenvalue weighted by Crippen LogP contribution is 2.18. The number of hydrogen-bond donors (Lipinski definition) is 2. The van der Waals surface area contributed by atoms with Crippen LogP contribution < -0.4 is 4.72 Å². The molecule has 0 saturated carbocycles. The van der Waals surface area contributed by atoms with Crippen LogP contribution in [-0.4, -0.2) is 25.1 Å². The van der Waals surface area contributed by atoms with Crippen molar-refractivity contribution in [1.82, 2.24) is 9.71 Å². The van der Waals surface area contributed by atoms with Gasteiger partial charge in [-0.2, -0.15) is 11.3 Å². The first-order valence-electron chi connectivity index (χ1n) is 5.69. The first kappa shape index (κ1) is 14.1. The zero-order chi connectivity index (χ0) is 13.7. The molecule has 0 aliphatic carbocycles. The Kier molecular flexibility index (Phi) is 4.65. The largest absolute Gasteiger partial charge is 0.388 e. The van der Waals surface area contributed by atoms with E-state index in [1.54, 1.807) is 6.07 Å². The molecule has 19 heavy (non-hydrogen) atoms. The Labute approximate surface area is 116 Å². The molecule has 0 aliphatic rings. The molecular weight excluding hydrogens is 284 g/mol. The summed E-state index contributed by atoms with van der Waals surface area (Å²) < 4.78 is 26.2. The van der Waals surface area contributed by atoms with Crippen LogP contribution in [0.1, 0.15) is 18.1 Å². The summed E-state index contributed by atoms with van der Waals surface area (Å²) in [5, 5.41) is 13.6. The van der Waals surface area contributed by atoms with Crippen molar-refractivity contribution in [3.8, 4) is 0 Å². The highest BCUT2D eigenvalue weighted by atomic mass is 32.2. The average Bonchev–Trinajstić information content (AvgIpc) is 2.93. The van der Waals surface area contributed by atoms with Gasteiger partial charge in [0.2, 0.25) is 10.0 Å². The average molecular weight is 298 g/mol. The lowest BCUT2D eigenvalue weighted by atomic mass is 10.1. The molecule has 5 nitrogen and oxygen atoms in total. The quantitative estimate of drug-likeness (QED) is 0.848. The van der Waals surface area contributed by atoms with Gasteiger partial charge in [0.15, 0.2) is 0 Å². The summed E-state index contributed by atoms with van der Waals surface area (Å²) in [6, 6.07) is 4.87. The Bertz CT molecular complexity index is 597. The number of thiophene rings is 1. The van der Waals surface area contributed by atoms with Gasteiger partial charge in [0, 0.05) is 18.9 Å². The van der Waals surface area contributed by atoms with Gasteiger partial charge < -0.3 is 5.11 Å². The maximum Gasteiger partial charge on any atom is 0.242 e. The molecule has 7 heteroatoms. The van der Waals surface area contributed by atoms with E-state index in [0.29, 0.717) is 6.42 Å². The molecule has 2 N–H and O–H groups in total. The maximum atomic E-state index is 11.9. The van der Waals surface area contributed by atoms with Crippen molar-refractivity contribution in [2.45, 2.75) is 17.4 Å². The maximum absolute atomic E-state index is 11.9. The number of aliphatic hydroxyl groups is 1. The highest BCUT2D eigenvalue weighted by Gasteiger charge is 2.14. The lowest BCUT2D eigenvalue weighted by Gasteiger charge is -2.10. The number of rotatable bonds is 6. The zero-order valence-corrected chi connectivity index (χ0v) is 11.7. The summed E-state index contributed by atoms with van der Waals surface area (Å²) in [7, 11) is -3.55. The van der Waals surface area contributed by atoms with Gasteiger partial charge in [-0.05, 0) is 40.9 Å². The lowest BCUT2D eigenvalue weighted by Crippen LogP contribution is -2.26. The van der Waals surface area contributed by atoms with E-state index in [1.807, 2.05) is 16.8 Å². The third kappa shape index (κ3) is 3.84. The summed E-state index contributed by atoms with van der Waals surface area (Å²) >= 11 is 1.50. The molecule has 0 amide bonds. The standard InChI is InChI=1S/C12H14N2O3S2/c15-12(10-4-7-18-9-10)3-6-14-19(16,17)11-2-1-5-13-8-11/h1-2,4-5,7-9,12,14-15H,3,6H2/t12-/m1/s1. The molecule has 0 aliphatic heterocycles. The molecule has 102 valence electrons. The Morgan fingerprint density at radius 3 is 2.89 bits per heavy atom. The van der Waals surface area contributed by atoms with Crippen LogP contribution >= 0.6 is 11.3 Å². The van der Waals surface area contributed by atoms with E-state index >= 15 is 0 Å². The number of sulfonamides is 1. The Morgan fingerprint density at radius 1 is 1.42 bits per heavy atom. The van der Waals surface area contributed by atoms with E-state index in [1.165, 1.54) is 29.8 Å². The van der Waals surface area contributed by atoms with Crippen LogP contribution in [0.2, 0.25) is 0 Å². The highest BCUT2D eigenvalue weighted by molar-refractivity contribution is 7.89. The fourth-order valence-corrected chi connectivity index (χ4v) is 3.27. The monoisotopic (exact) mass is 298 g/mol. The van der Waals surface area contributed by atoms with Crippen molar-refractivity contribution in [2.75, 3.05) is 6.54 Å². The van der Waals surface area contributed by atoms with E-state index in [0.717, 1.165) is 5.56 Å². The van der Waals surface area contributed by atoms with E-state index in [9.17, 15) is 13.5 Å². The number of hydrogen-bond acceptors (Lipinski definition) is 5. The van der Waals surface area contributed by atoms with Gasteiger partial charge in [0.05, 0.1) is 6.10 Å². The number of aromatic nitrogens is 1. The lowest BCUT2D eigenvalue weighted by molar-refractivity contribution is 0.169. The normalized spacial score (nSPS) is 13.3. The van der Waals surface area contributed by atoms with E-state index in [2.05, 4.69) is 9.71 Å². The predicted octanol–water partition coefficient (Wildman–Crippen LogP) is 1.55. The van der Waals surface area contributed by atoms with E-state index in [-0.39, 0.29) is 11.4 Å². The SMILES string of the molecule is O=S(=O)(NCC[C@@H](O)c1ccsc1)c1cccnc1. The third-order valence-corrected chi connectivity index (χ3v) is 4.73. The number of nitrogens with zero attached hydrogens (tertiary/aromatic N) is 1. The van der Waals surface area contributed by atoms with Crippen molar-refractivity contribution in [3.63, 3.8) is 0 Å². The minimum absolute atomic E-state index is 0.125. The smallest absolute Gasteiger partial charge is 0.242 e. The van der Waals surface area contributed by atoms with Crippen LogP contribution in [0.5, 0.6) is 0 Å². The van der Waals surface area contributed by atoms with E-state index < -0.39 is 16.1 Å². The molecule has 1 atom stereocenters. The minimum Gasteiger partial charge on any atom is -0.388 e. The third-order valence-electron chi connectivity index (χ3n) is 2.58. The Hall–Kier alpha value is -1.28. The van der Waals surface area contributed by atoms with Crippen LogP contribution in [0.3, 0.4) is 0 Å². The van der Waals surface area contributed by atoms with Gasteiger partial charge in [-0.15, -0.1) is 0 Å². The topological polar surface area (TPSA) is 79.3 Å². The first-order valence-corrected chi connectivity index (χ1v) is 8.12. The van der Waals surface area contributed by atoms with Crippen molar-refractivity contribution >= 4 is 21.4 Å². The van der Waals surface area contributed by atoms with E-state index in [4.69, 9.17) is 0 Å². The molecule has 0 bridgehead atoms. The molecule has 0 unspecified atom stereocenters. The Balaban J connectivity index is 1.89. The first-order chi connectivity index (χ1) is 9.09. The second kappa shape index (κ2) is 6.25. The van der Waals surface area contributed by atoms with Crippen LogP contribution in [0.15, 0.2) is 46.2 Å². The molecule has 0 aromatic carbocycles. The van der Waals surface area contributed by atoms with Crippen LogP contribution in [0.4, 0.5) is 0 Å². The van der Waals surface area contributed by atoms with Crippen molar-refractivity contribution < 1.29 is 13.5 Å². The zero-order valence-electron chi connectivity index (χ0n) is 10.1. The summed E-state index contributed by atoms with van der Waals surface area (Å²) in [5.74, 6) is 0. The van der Waals surface area contributed by atoms with Gasteiger partial charge in [-0.3, -0.25) is 4.98 Å². The molecule has 2 aromatic heterocycles. The molecule has 2 aromatic rings. The minimum atomic E-state index is -3.55. The number of aliphatic hydroxyl groups excluding tert-OH is 1. The summed E-state index contributed by atoms with van der Waals surface area (Å²) in [6.45, 7) is 0.175. The second-order valence-corrected chi connectivity index (χ2v) is 6.49. The van der Waals surface area contributed by atoms with Gasteiger partial charge in [0.25, 0.3) is 0 Å². The molecule has 2 heterocycles. The van der Waals surface area contributed by atoms with Gasteiger partial charge in [-0.25, -0.2) is 13.1 Å². The van der Waals surface area contributed by atoms with Crippen LogP contribution in [-0.2, 0) is 10.0 Å².